The summed E-state index contributed by atoms with van der Waals surface area (Å²) in [6.45, 7) is 1.58. The molecule has 2 aromatic rings. The lowest BCUT2D eigenvalue weighted by Crippen LogP contribution is -2.27. The van der Waals surface area contributed by atoms with E-state index in [2.05, 4.69) is 9.82 Å². The molecule has 0 spiro atoms. The van der Waals surface area contributed by atoms with Crippen LogP contribution in [-0.2, 0) is 47.0 Å². The molecule has 1 aromatic carbocycles. The second-order valence-electron chi connectivity index (χ2n) is 5.83. The molecule has 0 saturated heterocycles. The van der Waals surface area contributed by atoms with Crippen LogP contribution in [0.3, 0.4) is 0 Å². The summed E-state index contributed by atoms with van der Waals surface area (Å²) in [7, 11) is -1.48. The van der Waals surface area contributed by atoms with Gasteiger partial charge in [-0.05, 0) is 17.7 Å². The van der Waals surface area contributed by atoms with Crippen LogP contribution in [0.4, 0.5) is 0 Å². The van der Waals surface area contributed by atoms with Crippen LogP contribution in [0.25, 0.3) is 0 Å². The van der Waals surface area contributed by atoms with Gasteiger partial charge in [-0.25, -0.2) is 13.1 Å². The maximum Gasteiger partial charge on any atom is 0.215 e. The van der Waals surface area contributed by atoms with Crippen LogP contribution in [0, 0.1) is 0 Å². The fourth-order valence-corrected chi connectivity index (χ4v) is 4.14. The topological polar surface area (TPSA) is 73.2 Å². The van der Waals surface area contributed by atoms with Gasteiger partial charge < -0.3 is 4.74 Å². The van der Waals surface area contributed by atoms with Gasteiger partial charge in [-0.3, -0.25) is 4.68 Å². The minimum Gasteiger partial charge on any atom is -0.376 e. The molecular weight excluding hydrogens is 350 g/mol. The Morgan fingerprint density at radius 2 is 2.08 bits per heavy atom. The summed E-state index contributed by atoms with van der Waals surface area (Å²) >= 11 is 5.81. The highest BCUT2D eigenvalue weighted by molar-refractivity contribution is 7.88. The summed E-state index contributed by atoms with van der Waals surface area (Å²) < 4.78 is 34.3. The molecule has 1 aromatic heterocycles. The smallest absolute Gasteiger partial charge is 0.215 e. The maximum atomic E-state index is 12.2. The molecule has 1 N–H and O–H groups in total. The van der Waals surface area contributed by atoms with E-state index in [0.29, 0.717) is 36.8 Å². The number of hydrogen-bond acceptors (Lipinski definition) is 4. The Hall–Kier alpha value is -1.41. The highest BCUT2D eigenvalue weighted by Crippen LogP contribution is 2.20. The van der Waals surface area contributed by atoms with E-state index in [4.69, 9.17) is 16.3 Å². The lowest BCUT2D eigenvalue weighted by molar-refractivity contribution is 0.108. The monoisotopic (exact) mass is 369 g/mol. The molecule has 0 saturated carbocycles. The van der Waals surface area contributed by atoms with E-state index in [1.807, 2.05) is 11.7 Å². The molecule has 0 bridgehead atoms. The molecule has 0 amide bonds. The summed E-state index contributed by atoms with van der Waals surface area (Å²) in [5, 5.41) is 5.08. The second-order valence-corrected chi connectivity index (χ2v) is 8.07. The second kappa shape index (κ2) is 7.23. The van der Waals surface area contributed by atoms with Crippen LogP contribution in [0.2, 0.25) is 5.02 Å². The lowest BCUT2D eigenvalue weighted by atomic mass is 10.1. The normalized spacial score (nSPS) is 14.6. The van der Waals surface area contributed by atoms with Gasteiger partial charge >= 0.3 is 0 Å². The number of aromatic nitrogens is 2. The molecule has 0 aliphatic carbocycles. The Balaban J connectivity index is 1.58. The van der Waals surface area contributed by atoms with Crippen molar-refractivity contribution in [1.82, 2.24) is 14.5 Å². The van der Waals surface area contributed by atoms with E-state index >= 15 is 0 Å². The first-order valence-corrected chi connectivity index (χ1v) is 9.81. The fraction of sp³-hybridized carbons (Fsp3) is 0.438. The zero-order chi connectivity index (χ0) is 17.2. The molecule has 0 radical (unpaired) electrons. The van der Waals surface area contributed by atoms with Crippen LogP contribution in [0.5, 0.6) is 0 Å². The van der Waals surface area contributed by atoms with Gasteiger partial charge in [-0.1, -0.05) is 23.7 Å². The van der Waals surface area contributed by atoms with E-state index in [9.17, 15) is 8.42 Å². The summed E-state index contributed by atoms with van der Waals surface area (Å²) in [6.07, 6.45) is 1.40. The molecule has 0 unspecified atom stereocenters. The van der Waals surface area contributed by atoms with Crippen molar-refractivity contribution in [2.45, 2.75) is 25.2 Å². The highest BCUT2D eigenvalue weighted by Gasteiger charge is 2.20. The van der Waals surface area contributed by atoms with Gasteiger partial charge in [0.15, 0.2) is 0 Å². The Morgan fingerprint density at radius 3 is 2.83 bits per heavy atom. The zero-order valence-corrected chi connectivity index (χ0v) is 15.0. The fourth-order valence-electron chi connectivity index (χ4n) is 2.86. The van der Waals surface area contributed by atoms with Crippen molar-refractivity contribution in [2.24, 2.45) is 7.05 Å². The third-order valence-corrected chi connectivity index (χ3v) is 5.65. The number of halogens is 1. The van der Waals surface area contributed by atoms with Gasteiger partial charge in [-0.2, -0.15) is 5.10 Å². The molecule has 8 heteroatoms. The summed E-state index contributed by atoms with van der Waals surface area (Å²) in [6, 6.07) is 6.81. The van der Waals surface area contributed by atoms with Crippen molar-refractivity contribution >= 4 is 21.6 Å². The van der Waals surface area contributed by atoms with Crippen LogP contribution in [0.15, 0.2) is 24.3 Å². The number of nitrogens with one attached hydrogen (secondary N) is 1. The van der Waals surface area contributed by atoms with Gasteiger partial charge in [0.2, 0.25) is 10.0 Å². The number of benzene rings is 1. The predicted molar refractivity (Wildman–Crippen MR) is 92.4 cm³/mol. The Bertz CT molecular complexity index is 816. The minimum absolute atomic E-state index is 0.0619. The SMILES string of the molecule is Cn1nc(CCNS(=O)(=O)Cc2ccc(Cl)cc2)c2c1CCOC2. The van der Waals surface area contributed by atoms with Crippen molar-refractivity contribution in [3.05, 3.63) is 51.8 Å². The Labute approximate surface area is 146 Å². The number of sulfonamides is 1. The van der Waals surface area contributed by atoms with Crippen molar-refractivity contribution in [3.63, 3.8) is 0 Å². The van der Waals surface area contributed by atoms with Gasteiger partial charge in [0.05, 0.1) is 24.7 Å². The molecule has 1 aliphatic heterocycles. The average molecular weight is 370 g/mol. The Morgan fingerprint density at radius 1 is 1.33 bits per heavy atom. The molecule has 6 nitrogen and oxygen atoms in total. The molecule has 0 atom stereocenters. The van der Waals surface area contributed by atoms with E-state index in [0.717, 1.165) is 17.7 Å². The van der Waals surface area contributed by atoms with Crippen molar-refractivity contribution in [2.75, 3.05) is 13.2 Å². The Kier molecular flexibility index (Phi) is 5.24. The van der Waals surface area contributed by atoms with Crippen molar-refractivity contribution in [1.29, 1.82) is 0 Å². The summed E-state index contributed by atoms with van der Waals surface area (Å²) in [4.78, 5) is 0. The standard InChI is InChI=1S/C16H20ClN3O3S/c1-20-16-7-9-23-10-14(16)15(19-20)6-8-18-24(21,22)11-12-2-4-13(17)5-3-12/h2-5,18H,6-11H2,1H3. The van der Waals surface area contributed by atoms with Gasteiger partial charge in [0.25, 0.3) is 0 Å². The number of rotatable bonds is 6. The first kappa shape index (κ1) is 17.4. The van der Waals surface area contributed by atoms with Gasteiger partial charge in [0, 0.05) is 42.7 Å². The number of ether oxygens (including phenoxy) is 1. The summed E-state index contributed by atoms with van der Waals surface area (Å²) in [5.41, 5.74) is 3.89. The summed E-state index contributed by atoms with van der Waals surface area (Å²) in [5.74, 6) is -0.0619. The lowest BCUT2D eigenvalue weighted by Gasteiger charge is -2.13. The highest BCUT2D eigenvalue weighted by atomic mass is 35.5. The maximum absolute atomic E-state index is 12.2. The van der Waals surface area contributed by atoms with Crippen molar-refractivity contribution in [3.8, 4) is 0 Å². The van der Waals surface area contributed by atoms with E-state index in [1.165, 1.54) is 5.69 Å². The zero-order valence-electron chi connectivity index (χ0n) is 13.5. The first-order valence-electron chi connectivity index (χ1n) is 7.78. The molecule has 3 rings (SSSR count). The number of aryl methyl sites for hydroxylation is 1. The van der Waals surface area contributed by atoms with E-state index in [1.54, 1.807) is 24.3 Å². The van der Waals surface area contributed by atoms with Crippen LogP contribution in [0.1, 0.15) is 22.5 Å². The predicted octanol–water partition coefficient (Wildman–Crippen LogP) is 1.81. The minimum atomic E-state index is -3.39. The van der Waals surface area contributed by atoms with Crippen molar-refractivity contribution < 1.29 is 13.2 Å². The number of fused-ring (bicyclic) bond motifs is 1. The van der Waals surface area contributed by atoms with Crippen LogP contribution < -0.4 is 4.72 Å². The molecule has 130 valence electrons. The quantitative estimate of drug-likeness (QED) is 0.842. The van der Waals surface area contributed by atoms with Gasteiger partial charge in [0.1, 0.15) is 0 Å². The molecule has 1 aliphatic rings. The van der Waals surface area contributed by atoms with E-state index in [-0.39, 0.29) is 5.75 Å². The average Bonchev–Trinajstić information content (AvgIpc) is 2.86. The van der Waals surface area contributed by atoms with Gasteiger partial charge in [-0.15, -0.1) is 0 Å². The molecule has 24 heavy (non-hydrogen) atoms. The first-order chi connectivity index (χ1) is 11.4. The number of hydrogen-bond donors (Lipinski definition) is 1. The molecule has 2 heterocycles. The van der Waals surface area contributed by atoms with Crippen LogP contribution in [-0.4, -0.2) is 31.3 Å². The third kappa shape index (κ3) is 4.16. The number of nitrogens with zero attached hydrogens (tertiary/aromatic N) is 2. The largest absolute Gasteiger partial charge is 0.376 e. The molecular formula is C16H20ClN3O3S. The molecule has 0 fully saturated rings. The third-order valence-electron chi connectivity index (χ3n) is 4.04. The van der Waals surface area contributed by atoms with E-state index < -0.39 is 10.0 Å². The van der Waals surface area contributed by atoms with Crippen LogP contribution >= 0.6 is 11.6 Å².